The van der Waals surface area contributed by atoms with E-state index >= 15 is 0 Å². The minimum atomic E-state index is -0.220. The van der Waals surface area contributed by atoms with E-state index in [9.17, 15) is 0 Å². The quantitative estimate of drug-likeness (QED) is 0.903. The molecule has 2 N–H and O–H groups in total. The highest BCUT2D eigenvalue weighted by molar-refractivity contribution is 5.77. The van der Waals surface area contributed by atoms with E-state index in [4.69, 9.17) is 10.7 Å². The van der Waals surface area contributed by atoms with Crippen molar-refractivity contribution in [2.45, 2.75) is 64.0 Å². The van der Waals surface area contributed by atoms with Gasteiger partial charge in [-0.05, 0) is 69.1 Å². The topological polar surface area (TPSA) is 43.8 Å². The third-order valence-electron chi connectivity index (χ3n) is 5.37. The maximum Gasteiger partial charge on any atom is 0.130 e. The summed E-state index contributed by atoms with van der Waals surface area (Å²) in [6.45, 7) is 4.47. The average Bonchev–Trinajstić information content (AvgIpc) is 3.23. The Kier molecular flexibility index (Phi) is 2.90. The van der Waals surface area contributed by atoms with Crippen molar-refractivity contribution >= 4 is 11.0 Å². The Bertz CT molecular complexity index is 673. The molecule has 3 heteroatoms. The average molecular weight is 283 g/mol. The molecule has 0 aliphatic heterocycles. The van der Waals surface area contributed by atoms with E-state index in [0.29, 0.717) is 6.04 Å². The van der Waals surface area contributed by atoms with Gasteiger partial charge in [-0.3, -0.25) is 0 Å². The molecule has 2 fully saturated rings. The maximum absolute atomic E-state index is 6.83. The van der Waals surface area contributed by atoms with Crippen LogP contribution in [0, 0.1) is 12.8 Å². The molecule has 0 radical (unpaired) electrons. The maximum atomic E-state index is 6.83. The Balaban J connectivity index is 1.85. The highest BCUT2D eigenvalue weighted by Crippen LogP contribution is 2.44. The van der Waals surface area contributed by atoms with Crippen LogP contribution in [0.5, 0.6) is 0 Å². The van der Waals surface area contributed by atoms with E-state index < -0.39 is 0 Å². The molecule has 1 aromatic heterocycles. The van der Waals surface area contributed by atoms with Crippen LogP contribution in [-0.2, 0) is 5.54 Å². The summed E-state index contributed by atoms with van der Waals surface area (Å²) in [7, 11) is 0. The summed E-state index contributed by atoms with van der Waals surface area (Å²) in [5.41, 5.74) is 10.3. The van der Waals surface area contributed by atoms with Gasteiger partial charge in [0.05, 0.1) is 16.6 Å². The molecule has 1 aromatic carbocycles. The van der Waals surface area contributed by atoms with E-state index in [0.717, 1.165) is 30.1 Å². The predicted octanol–water partition coefficient (Wildman–Crippen LogP) is 4.04. The Morgan fingerprint density at radius 1 is 1.19 bits per heavy atom. The molecule has 0 saturated heterocycles. The minimum Gasteiger partial charge on any atom is -0.323 e. The molecule has 0 atom stereocenters. The molecule has 0 amide bonds. The smallest absolute Gasteiger partial charge is 0.130 e. The van der Waals surface area contributed by atoms with Gasteiger partial charge in [0.15, 0.2) is 0 Å². The molecule has 2 aliphatic carbocycles. The van der Waals surface area contributed by atoms with E-state index in [1.165, 1.54) is 36.8 Å². The summed E-state index contributed by atoms with van der Waals surface area (Å²) in [5.74, 6) is 1.96. The number of rotatable bonds is 2. The first-order valence-electron chi connectivity index (χ1n) is 8.35. The van der Waals surface area contributed by atoms with Crippen LogP contribution in [0.4, 0.5) is 0 Å². The van der Waals surface area contributed by atoms with Crippen LogP contribution < -0.4 is 5.73 Å². The van der Waals surface area contributed by atoms with Gasteiger partial charge < -0.3 is 10.3 Å². The van der Waals surface area contributed by atoms with Crippen LogP contribution in [-0.4, -0.2) is 9.55 Å². The Labute approximate surface area is 126 Å². The van der Waals surface area contributed by atoms with Gasteiger partial charge in [-0.1, -0.05) is 13.0 Å². The van der Waals surface area contributed by atoms with Gasteiger partial charge in [0, 0.05) is 6.04 Å². The molecule has 2 aliphatic rings. The van der Waals surface area contributed by atoms with Gasteiger partial charge in [-0.15, -0.1) is 0 Å². The number of hydrogen-bond donors (Lipinski definition) is 1. The van der Waals surface area contributed by atoms with E-state index in [1.807, 2.05) is 0 Å². The van der Waals surface area contributed by atoms with E-state index in [2.05, 4.69) is 36.6 Å². The summed E-state index contributed by atoms with van der Waals surface area (Å²) in [4.78, 5) is 4.99. The lowest BCUT2D eigenvalue weighted by Gasteiger charge is -2.36. The van der Waals surface area contributed by atoms with Gasteiger partial charge in [0.25, 0.3) is 0 Å². The van der Waals surface area contributed by atoms with Crippen LogP contribution in [0.1, 0.15) is 62.9 Å². The van der Waals surface area contributed by atoms with Crippen LogP contribution in [0.15, 0.2) is 18.2 Å². The number of aryl methyl sites for hydroxylation is 1. The Hall–Kier alpha value is -1.35. The summed E-state index contributed by atoms with van der Waals surface area (Å²) in [6.07, 6.45) is 7.15. The number of benzene rings is 1. The zero-order valence-corrected chi connectivity index (χ0v) is 13.1. The lowest BCUT2D eigenvalue weighted by Crippen LogP contribution is -2.42. The third kappa shape index (κ3) is 2.18. The molecular formula is C18H25N3. The normalized spacial score (nSPS) is 30.0. The van der Waals surface area contributed by atoms with Crippen molar-refractivity contribution < 1.29 is 0 Å². The molecule has 1 heterocycles. The zero-order valence-electron chi connectivity index (χ0n) is 13.1. The van der Waals surface area contributed by atoms with Crippen molar-refractivity contribution in [1.29, 1.82) is 0 Å². The van der Waals surface area contributed by atoms with Gasteiger partial charge in [0.2, 0.25) is 0 Å². The highest BCUT2D eigenvalue weighted by atomic mass is 15.2. The number of hydrogen-bond acceptors (Lipinski definition) is 2. The van der Waals surface area contributed by atoms with Crippen molar-refractivity contribution in [1.82, 2.24) is 9.55 Å². The second kappa shape index (κ2) is 4.57. The van der Waals surface area contributed by atoms with Gasteiger partial charge in [0.1, 0.15) is 5.82 Å². The van der Waals surface area contributed by atoms with Gasteiger partial charge in [-0.25, -0.2) is 4.98 Å². The third-order valence-corrected chi connectivity index (χ3v) is 5.37. The fraction of sp³-hybridized carbons (Fsp3) is 0.611. The molecule has 0 bridgehead atoms. The molecule has 0 unspecified atom stereocenters. The van der Waals surface area contributed by atoms with E-state index in [1.54, 1.807) is 0 Å². The molecule has 3 nitrogen and oxygen atoms in total. The fourth-order valence-corrected chi connectivity index (χ4v) is 3.76. The lowest BCUT2D eigenvalue weighted by atomic mass is 9.77. The molecule has 21 heavy (non-hydrogen) atoms. The molecule has 112 valence electrons. The predicted molar refractivity (Wildman–Crippen MR) is 86.2 cm³/mol. The number of aromatic nitrogens is 2. The second-order valence-electron chi connectivity index (χ2n) is 7.37. The second-order valence-corrected chi connectivity index (χ2v) is 7.37. The van der Waals surface area contributed by atoms with Crippen molar-refractivity contribution in [3.63, 3.8) is 0 Å². The van der Waals surface area contributed by atoms with Crippen LogP contribution in [0.25, 0.3) is 11.0 Å². The first-order valence-corrected chi connectivity index (χ1v) is 8.35. The Morgan fingerprint density at radius 3 is 2.57 bits per heavy atom. The van der Waals surface area contributed by atoms with Gasteiger partial charge >= 0.3 is 0 Å². The van der Waals surface area contributed by atoms with Crippen molar-refractivity contribution in [2.75, 3.05) is 0 Å². The molecule has 4 rings (SSSR count). The molecule has 0 spiro atoms. The lowest BCUT2D eigenvalue weighted by molar-refractivity contribution is 0.231. The number of fused-ring (bicyclic) bond motifs is 1. The Morgan fingerprint density at radius 2 is 1.90 bits per heavy atom. The molecule has 2 aromatic rings. The van der Waals surface area contributed by atoms with Crippen LogP contribution in [0.3, 0.4) is 0 Å². The number of imidazole rings is 1. The largest absolute Gasteiger partial charge is 0.323 e. The summed E-state index contributed by atoms with van der Waals surface area (Å²) in [6, 6.07) is 7.26. The molecular weight excluding hydrogens is 258 g/mol. The first kappa shape index (κ1) is 13.3. The summed E-state index contributed by atoms with van der Waals surface area (Å²) < 4.78 is 2.46. The van der Waals surface area contributed by atoms with Crippen molar-refractivity contribution in [2.24, 2.45) is 11.7 Å². The monoisotopic (exact) mass is 283 g/mol. The SMILES string of the molecule is Cc1ccc2c(c1)nc(C1(N)CCC(C)CC1)n2C1CC1. The van der Waals surface area contributed by atoms with Gasteiger partial charge in [-0.2, -0.15) is 0 Å². The van der Waals surface area contributed by atoms with E-state index in [-0.39, 0.29) is 5.54 Å². The summed E-state index contributed by atoms with van der Waals surface area (Å²) in [5, 5.41) is 0. The standard InChI is InChI=1S/C18H25N3/c1-12-7-9-18(19,10-8-12)17-20-15-11-13(2)3-6-16(15)21(17)14-4-5-14/h3,6,11-12,14H,4-5,7-10,19H2,1-2H3. The molecule has 2 saturated carbocycles. The number of nitrogens with zero attached hydrogens (tertiary/aromatic N) is 2. The minimum absolute atomic E-state index is 0.220. The highest BCUT2D eigenvalue weighted by Gasteiger charge is 2.39. The van der Waals surface area contributed by atoms with Crippen LogP contribution >= 0.6 is 0 Å². The van der Waals surface area contributed by atoms with Crippen LogP contribution in [0.2, 0.25) is 0 Å². The fourth-order valence-electron chi connectivity index (χ4n) is 3.76. The van der Waals surface area contributed by atoms with Crippen molar-refractivity contribution in [3.05, 3.63) is 29.6 Å². The zero-order chi connectivity index (χ0) is 14.6. The van der Waals surface area contributed by atoms with Crippen molar-refractivity contribution in [3.8, 4) is 0 Å². The summed E-state index contributed by atoms with van der Waals surface area (Å²) >= 11 is 0. The first-order chi connectivity index (χ1) is 10.1. The number of nitrogens with two attached hydrogens (primary N) is 1.